The molecule has 1 aliphatic rings. The third kappa shape index (κ3) is 9.90. The molecule has 0 atom stereocenters. The van der Waals surface area contributed by atoms with Gasteiger partial charge in [-0.25, -0.2) is 27.1 Å². The van der Waals surface area contributed by atoms with E-state index in [0.717, 1.165) is 24.3 Å². The lowest BCUT2D eigenvalue weighted by Gasteiger charge is -2.24. The number of urea groups is 1. The number of rotatable bonds is 19. The van der Waals surface area contributed by atoms with Crippen molar-refractivity contribution in [1.29, 1.82) is 0 Å². The Kier molecular flexibility index (Phi) is 14.0. The monoisotopic (exact) mass is 765 g/mol. The number of hydrazone groups is 1. The molecule has 0 fully saturated rings. The van der Waals surface area contributed by atoms with Crippen molar-refractivity contribution in [1.82, 2.24) is 14.0 Å². The zero-order valence-corrected chi connectivity index (χ0v) is 32.7. The SMILES string of the molecule is CC(C)CCN(CCC(C)C)S(=O)(=O)c1cc2c(c([N+](=O)[O-])c1)-c1c(cc(S(=O)(=O)N(CCC(C)C)CCC(C)C)cc1[N+](=O)[O-])C2=NNC(N)=O. The van der Waals surface area contributed by atoms with Gasteiger partial charge in [-0.3, -0.25) is 20.2 Å². The molecule has 3 rings (SSSR count). The fraction of sp³-hybridized carbons (Fsp3) is 0.588. The molecule has 18 heteroatoms. The second-order valence-corrected chi connectivity index (χ2v) is 18.6. The van der Waals surface area contributed by atoms with Gasteiger partial charge in [0.25, 0.3) is 11.4 Å². The Balaban J connectivity index is 2.41. The van der Waals surface area contributed by atoms with Crippen LogP contribution in [0.5, 0.6) is 0 Å². The van der Waals surface area contributed by atoms with Crippen LogP contribution < -0.4 is 11.2 Å². The largest absolute Gasteiger partial charge is 0.350 e. The van der Waals surface area contributed by atoms with Crippen molar-refractivity contribution < 1.29 is 31.5 Å². The lowest BCUT2D eigenvalue weighted by molar-refractivity contribution is -0.386. The maximum Gasteiger partial charge on any atom is 0.332 e. The Morgan fingerprint density at radius 3 is 1.23 bits per heavy atom. The zero-order chi connectivity index (χ0) is 39.3. The van der Waals surface area contributed by atoms with Crippen molar-refractivity contribution in [3.05, 3.63) is 55.6 Å². The number of nitrogens with two attached hydrogens (primary N) is 1. The van der Waals surface area contributed by atoms with Crippen LogP contribution >= 0.6 is 0 Å². The van der Waals surface area contributed by atoms with Crippen molar-refractivity contribution >= 4 is 43.2 Å². The summed E-state index contributed by atoms with van der Waals surface area (Å²) in [4.78, 5) is 34.6. The van der Waals surface area contributed by atoms with Crippen molar-refractivity contribution in [3.8, 4) is 11.1 Å². The molecule has 3 N–H and O–H groups in total. The molecule has 0 radical (unpaired) electrons. The van der Waals surface area contributed by atoms with Gasteiger partial charge in [0.05, 0.1) is 36.5 Å². The summed E-state index contributed by atoms with van der Waals surface area (Å²) in [5, 5.41) is 29.3. The van der Waals surface area contributed by atoms with Gasteiger partial charge in [0, 0.05) is 49.4 Å². The van der Waals surface area contributed by atoms with E-state index in [4.69, 9.17) is 5.73 Å². The molecule has 0 aliphatic heterocycles. The van der Waals surface area contributed by atoms with Crippen LogP contribution in [0.15, 0.2) is 39.2 Å². The van der Waals surface area contributed by atoms with E-state index in [2.05, 4.69) is 5.10 Å². The molecule has 0 unspecified atom stereocenters. The molecule has 2 aromatic carbocycles. The van der Waals surface area contributed by atoms with Crippen LogP contribution in [-0.4, -0.2) is 73.2 Å². The van der Waals surface area contributed by atoms with Crippen molar-refractivity contribution in [3.63, 3.8) is 0 Å². The van der Waals surface area contributed by atoms with Crippen LogP contribution in [0.25, 0.3) is 11.1 Å². The number of nitrogens with one attached hydrogen (secondary N) is 1. The molecule has 2 amide bonds. The summed E-state index contributed by atoms with van der Waals surface area (Å²) in [7, 11) is -8.77. The van der Waals surface area contributed by atoms with Gasteiger partial charge in [0.2, 0.25) is 20.0 Å². The number of nitro benzene ring substituents is 2. The fourth-order valence-electron chi connectivity index (χ4n) is 5.67. The maximum absolute atomic E-state index is 14.2. The summed E-state index contributed by atoms with van der Waals surface area (Å²) in [6.45, 7) is 16.1. The predicted molar refractivity (Wildman–Crippen MR) is 199 cm³/mol. The fourth-order valence-corrected chi connectivity index (χ4v) is 8.71. The number of hydrogen-bond acceptors (Lipinski definition) is 10. The molecule has 0 saturated heterocycles. The minimum Gasteiger partial charge on any atom is -0.350 e. The van der Waals surface area contributed by atoms with Gasteiger partial charge < -0.3 is 5.73 Å². The van der Waals surface area contributed by atoms with E-state index < -0.39 is 57.1 Å². The number of fused-ring (bicyclic) bond motifs is 3. The summed E-state index contributed by atoms with van der Waals surface area (Å²) in [6, 6.07) is 2.79. The van der Waals surface area contributed by atoms with E-state index in [-0.39, 0.29) is 77.8 Å². The Morgan fingerprint density at radius 2 is 0.981 bits per heavy atom. The molecular weight excluding hydrogens is 715 g/mol. The first-order chi connectivity index (χ1) is 24.1. The molecular formula is C34H51N7O9S2. The van der Waals surface area contributed by atoms with E-state index in [1.807, 2.05) is 60.8 Å². The third-order valence-electron chi connectivity index (χ3n) is 8.71. The first-order valence-corrected chi connectivity index (χ1v) is 20.3. The van der Waals surface area contributed by atoms with Gasteiger partial charge in [-0.05, 0) is 61.5 Å². The minimum absolute atomic E-state index is 0.138. The number of nitro groups is 2. The van der Waals surface area contributed by atoms with Gasteiger partial charge in [0.15, 0.2) is 0 Å². The number of nitrogens with zero attached hydrogens (tertiary/aromatic N) is 5. The Morgan fingerprint density at radius 1 is 0.673 bits per heavy atom. The van der Waals surface area contributed by atoms with E-state index in [1.165, 1.54) is 8.61 Å². The highest BCUT2D eigenvalue weighted by Crippen LogP contribution is 2.49. The van der Waals surface area contributed by atoms with Gasteiger partial charge >= 0.3 is 6.03 Å². The number of primary amides is 1. The van der Waals surface area contributed by atoms with Crippen LogP contribution in [-0.2, 0) is 20.0 Å². The zero-order valence-electron chi connectivity index (χ0n) is 31.1. The number of sulfonamides is 2. The second-order valence-electron chi connectivity index (χ2n) is 14.7. The van der Waals surface area contributed by atoms with Crippen LogP contribution in [0.4, 0.5) is 16.2 Å². The molecule has 0 heterocycles. The van der Waals surface area contributed by atoms with Gasteiger partial charge in [0.1, 0.15) is 0 Å². The minimum atomic E-state index is -4.38. The molecule has 288 valence electrons. The lowest BCUT2D eigenvalue weighted by Crippen LogP contribution is -2.34. The molecule has 0 bridgehead atoms. The van der Waals surface area contributed by atoms with Crippen molar-refractivity contribution in [2.24, 2.45) is 34.5 Å². The van der Waals surface area contributed by atoms with E-state index in [0.29, 0.717) is 25.7 Å². The Labute approximate surface area is 306 Å². The molecule has 1 aliphatic carbocycles. The summed E-state index contributed by atoms with van der Waals surface area (Å²) in [5.41, 5.74) is 4.32. The molecule has 0 aromatic heterocycles. The van der Waals surface area contributed by atoms with Crippen LogP contribution in [0, 0.1) is 43.9 Å². The Bertz CT molecular complexity index is 1780. The van der Waals surface area contributed by atoms with Crippen LogP contribution in [0.1, 0.15) is 92.2 Å². The van der Waals surface area contributed by atoms with E-state index >= 15 is 0 Å². The van der Waals surface area contributed by atoms with Gasteiger partial charge in [-0.15, -0.1) is 0 Å². The highest BCUT2D eigenvalue weighted by molar-refractivity contribution is 7.89. The number of benzene rings is 2. The molecule has 52 heavy (non-hydrogen) atoms. The number of carbonyl (C=O) groups excluding carboxylic acids is 1. The second kappa shape index (κ2) is 17.2. The lowest BCUT2D eigenvalue weighted by atomic mass is 10.0. The highest BCUT2D eigenvalue weighted by Gasteiger charge is 2.42. The topological polar surface area (TPSA) is 229 Å². The smallest absolute Gasteiger partial charge is 0.332 e. The van der Waals surface area contributed by atoms with Crippen LogP contribution in [0.2, 0.25) is 0 Å². The summed E-state index contributed by atoms with van der Waals surface area (Å²) < 4.78 is 59.4. The first kappa shape index (κ1) is 42.4. The summed E-state index contributed by atoms with van der Waals surface area (Å²) >= 11 is 0. The molecule has 0 spiro atoms. The molecule has 16 nitrogen and oxygen atoms in total. The summed E-state index contributed by atoms with van der Waals surface area (Å²) in [6.07, 6.45) is 2.05. The van der Waals surface area contributed by atoms with Crippen molar-refractivity contribution in [2.75, 3.05) is 26.2 Å². The number of carbonyl (C=O) groups is 1. The molecule has 2 aromatic rings. The van der Waals surface area contributed by atoms with E-state index in [1.54, 1.807) is 0 Å². The quantitative estimate of drug-likeness (QED) is 0.106. The van der Waals surface area contributed by atoms with Gasteiger partial charge in [-0.1, -0.05) is 55.4 Å². The first-order valence-electron chi connectivity index (χ1n) is 17.4. The summed E-state index contributed by atoms with van der Waals surface area (Å²) in [5.74, 6) is 0.600. The predicted octanol–water partition coefficient (Wildman–Crippen LogP) is 6.07. The van der Waals surface area contributed by atoms with Crippen molar-refractivity contribution in [2.45, 2.75) is 90.9 Å². The molecule has 0 saturated carbocycles. The highest BCUT2D eigenvalue weighted by atomic mass is 32.2. The maximum atomic E-state index is 14.2. The Hall–Kier alpha value is -4.00. The number of hydrogen-bond donors (Lipinski definition) is 2. The van der Waals surface area contributed by atoms with Crippen LogP contribution in [0.3, 0.4) is 0 Å². The standard InChI is InChI=1S/C34H51N7O9S2/c1-21(2)9-13-38(14-10-22(3)4)51(47,48)25-17-27-31(29(19-25)40(43)44)32-28(33(27)36-37-34(35)42)18-26(20-30(32)41(45)46)52(49,50)39(15-11-23(5)6)16-12-24(7)8/h17-24H,9-16H2,1-8H3,(H3,35,37,42). The van der Waals surface area contributed by atoms with E-state index in [9.17, 15) is 41.9 Å². The normalized spacial score (nSPS) is 13.1. The average Bonchev–Trinajstić information content (AvgIpc) is 3.34. The van der Waals surface area contributed by atoms with Gasteiger partial charge in [-0.2, -0.15) is 13.7 Å². The average molecular weight is 766 g/mol. The number of amides is 2. The third-order valence-corrected chi connectivity index (χ3v) is 12.5.